The summed E-state index contributed by atoms with van der Waals surface area (Å²) in [6, 6.07) is 18.4. The zero-order valence-corrected chi connectivity index (χ0v) is 12.6. The smallest absolute Gasteiger partial charge is 0.195 e. The molecule has 0 unspecified atom stereocenters. The van der Waals surface area contributed by atoms with Crippen molar-refractivity contribution in [2.24, 2.45) is 0 Å². The molecule has 0 N–H and O–H groups in total. The van der Waals surface area contributed by atoms with Crippen molar-refractivity contribution in [3.63, 3.8) is 0 Å². The summed E-state index contributed by atoms with van der Waals surface area (Å²) in [4.78, 5) is 9.16. The molecule has 0 saturated carbocycles. The monoisotopic (exact) mass is 303 g/mol. The van der Waals surface area contributed by atoms with Gasteiger partial charge in [-0.15, -0.1) is 11.3 Å². The SMILES string of the molecule is C(=Cc1nc2ccccc2n1-c1nccs1)c1ccccc1. The van der Waals surface area contributed by atoms with Crippen molar-refractivity contribution in [2.75, 3.05) is 0 Å². The topological polar surface area (TPSA) is 30.7 Å². The fraction of sp³-hybridized carbons (Fsp3) is 0. The van der Waals surface area contributed by atoms with Gasteiger partial charge in [-0.25, -0.2) is 9.97 Å². The van der Waals surface area contributed by atoms with Gasteiger partial charge in [-0.05, 0) is 23.8 Å². The Kier molecular flexibility index (Phi) is 3.29. The Morgan fingerprint density at radius 1 is 0.909 bits per heavy atom. The standard InChI is InChI=1S/C18H13N3S/c1-2-6-14(7-3-1)10-11-17-20-15-8-4-5-9-16(15)21(17)18-19-12-13-22-18/h1-13H. The first-order valence-corrected chi connectivity index (χ1v) is 7.90. The van der Waals surface area contributed by atoms with Crippen LogP contribution in [0.25, 0.3) is 28.3 Å². The average molecular weight is 303 g/mol. The minimum atomic E-state index is 0.889. The fourth-order valence-corrected chi connectivity index (χ4v) is 3.08. The van der Waals surface area contributed by atoms with Crippen LogP contribution in [0.2, 0.25) is 0 Å². The van der Waals surface area contributed by atoms with Crippen molar-refractivity contribution in [3.05, 3.63) is 77.6 Å². The summed E-state index contributed by atoms with van der Waals surface area (Å²) < 4.78 is 2.10. The van der Waals surface area contributed by atoms with Crippen LogP contribution in [-0.4, -0.2) is 14.5 Å². The van der Waals surface area contributed by atoms with Crippen LogP contribution in [0.1, 0.15) is 11.4 Å². The van der Waals surface area contributed by atoms with Crippen LogP contribution in [0.4, 0.5) is 0 Å². The highest BCUT2D eigenvalue weighted by atomic mass is 32.1. The third-order valence-electron chi connectivity index (χ3n) is 3.42. The van der Waals surface area contributed by atoms with Gasteiger partial charge in [-0.1, -0.05) is 48.5 Å². The van der Waals surface area contributed by atoms with Crippen LogP contribution < -0.4 is 0 Å². The molecular formula is C18H13N3S. The van der Waals surface area contributed by atoms with E-state index in [1.165, 1.54) is 0 Å². The molecule has 2 heterocycles. The fourth-order valence-electron chi connectivity index (χ4n) is 2.42. The van der Waals surface area contributed by atoms with Crippen LogP contribution in [0.5, 0.6) is 0 Å². The maximum atomic E-state index is 4.73. The molecule has 0 fully saturated rings. The van der Waals surface area contributed by atoms with Crippen LogP contribution in [0.15, 0.2) is 66.2 Å². The minimum Gasteiger partial charge on any atom is -0.268 e. The Bertz CT molecular complexity index is 922. The lowest BCUT2D eigenvalue weighted by molar-refractivity contribution is 1.04. The van der Waals surface area contributed by atoms with Crippen LogP contribution >= 0.6 is 11.3 Å². The van der Waals surface area contributed by atoms with Gasteiger partial charge in [-0.3, -0.25) is 4.57 Å². The molecule has 4 rings (SSSR count). The summed E-state index contributed by atoms with van der Waals surface area (Å²) in [6.45, 7) is 0. The summed E-state index contributed by atoms with van der Waals surface area (Å²) in [5.41, 5.74) is 3.20. The average Bonchev–Trinajstić information content (AvgIpc) is 3.20. The number of para-hydroxylation sites is 2. The molecule has 2 aromatic heterocycles. The lowest BCUT2D eigenvalue weighted by Crippen LogP contribution is -1.95. The predicted octanol–water partition coefficient (Wildman–Crippen LogP) is 4.65. The second-order valence-corrected chi connectivity index (χ2v) is 5.73. The molecule has 0 spiro atoms. The molecule has 0 saturated heterocycles. The van der Waals surface area contributed by atoms with Gasteiger partial charge < -0.3 is 0 Å². The van der Waals surface area contributed by atoms with Crippen molar-refractivity contribution in [1.29, 1.82) is 0 Å². The Morgan fingerprint density at radius 2 is 1.73 bits per heavy atom. The molecular weight excluding hydrogens is 290 g/mol. The van der Waals surface area contributed by atoms with E-state index in [1.54, 1.807) is 11.3 Å². The molecule has 22 heavy (non-hydrogen) atoms. The van der Waals surface area contributed by atoms with Gasteiger partial charge in [0.2, 0.25) is 0 Å². The number of aromatic nitrogens is 3. The first-order chi connectivity index (χ1) is 10.9. The van der Waals surface area contributed by atoms with Gasteiger partial charge in [0.15, 0.2) is 5.13 Å². The number of hydrogen-bond donors (Lipinski definition) is 0. The summed E-state index contributed by atoms with van der Waals surface area (Å²) in [5, 5.41) is 2.91. The number of benzene rings is 2. The molecule has 0 aliphatic heterocycles. The lowest BCUT2D eigenvalue weighted by Gasteiger charge is -2.02. The van der Waals surface area contributed by atoms with E-state index in [1.807, 2.05) is 54.1 Å². The van der Waals surface area contributed by atoms with E-state index >= 15 is 0 Å². The van der Waals surface area contributed by atoms with Crippen molar-refractivity contribution in [2.45, 2.75) is 0 Å². The zero-order valence-electron chi connectivity index (χ0n) is 11.8. The van der Waals surface area contributed by atoms with Gasteiger partial charge in [-0.2, -0.15) is 0 Å². The molecule has 0 aliphatic rings. The van der Waals surface area contributed by atoms with Gasteiger partial charge in [0.05, 0.1) is 11.0 Å². The molecule has 0 amide bonds. The van der Waals surface area contributed by atoms with Crippen molar-refractivity contribution in [1.82, 2.24) is 14.5 Å². The maximum absolute atomic E-state index is 4.73. The van der Waals surface area contributed by atoms with Crippen molar-refractivity contribution in [3.8, 4) is 5.13 Å². The van der Waals surface area contributed by atoms with E-state index in [0.29, 0.717) is 0 Å². The lowest BCUT2D eigenvalue weighted by atomic mass is 10.2. The van der Waals surface area contributed by atoms with Crippen LogP contribution in [0.3, 0.4) is 0 Å². The highest BCUT2D eigenvalue weighted by molar-refractivity contribution is 7.12. The van der Waals surface area contributed by atoms with Crippen molar-refractivity contribution < 1.29 is 0 Å². The Morgan fingerprint density at radius 3 is 2.55 bits per heavy atom. The first kappa shape index (κ1) is 13.0. The summed E-state index contributed by atoms with van der Waals surface area (Å²) >= 11 is 1.61. The molecule has 0 atom stereocenters. The molecule has 4 aromatic rings. The van der Waals surface area contributed by atoms with E-state index in [4.69, 9.17) is 4.98 Å². The van der Waals surface area contributed by atoms with Crippen LogP contribution in [0, 0.1) is 0 Å². The molecule has 2 aromatic carbocycles. The van der Waals surface area contributed by atoms with E-state index < -0.39 is 0 Å². The third kappa shape index (κ3) is 2.34. The third-order valence-corrected chi connectivity index (χ3v) is 4.18. The van der Waals surface area contributed by atoms with Crippen LogP contribution in [-0.2, 0) is 0 Å². The quantitative estimate of drug-likeness (QED) is 0.551. The van der Waals surface area contributed by atoms with E-state index in [0.717, 1.165) is 27.6 Å². The largest absolute Gasteiger partial charge is 0.268 e. The second-order valence-electron chi connectivity index (χ2n) is 4.85. The van der Waals surface area contributed by atoms with Gasteiger partial charge >= 0.3 is 0 Å². The molecule has 4 heteroatoms. The first-order valence-electron chi connectivity index (χ1n) is 7.02. The number of imidazole rings is 1. The number of thiazole rings is 1. The summed E-state index contributed by atoms with van der Waals surface area (Å²) in [6.07, 6.45) is 5.93. The summed E-state index contributed by atoms with van der Waals surface area (Å²) in [5.74, 6) is 0.889. The number of nitrogens with zero attached hydrogens (tertiary/aromatic N) is 3. The molecule has 0 bridgehead atoms. The highest BCUT2D eigenvalue weighted by Gasteiger charge is 2.11. The van der Waals surface area contributed by atoms with Gasteiger partial charge in [0.1, 0.15) is 5.82 Å². The van der Waals surface area contributed by atoms with E-state index in [9.17, 15) is 0 Å². The molecule has 0 radical (unpaired) electrons. The highest BCUT2D eigenvalue weighted by Crippen LogP contribution is 2.24. The maximum Gasteiger partial charge on any atom is 0.195 e. The normalized spacial score (nSPS) is 11.5. The van der Waals surface area contributed by atoms with E-state index in [2.05, 4.69) is 33.8 Å². The Hall–Kier alpha value is -2.72. The zero-order chi connectivity index (χ0) is 14.8. The predicted molar refractivity (Wildman–Crippen MR) is 92.1 cm³/mol. The number of fused-ring (bicyclic) bond motifs is 1. The van der Waals surface area contributed by atoms with Gasteiger partial charge in [0, 0.05) is 11.6 Å². The Labute approximate surface area is 132 Å². The minimum absolute atomic E-state index is 0.889. The summed E-state index contributed by atoms with van der Waals surface area (Å²) in [7, 11) is 0. The molecule has 0 aliphatic carbocycles. The number of rotatable bonds is 3. The van der Waals surface area contributed by atoms with E-state index in [-0.39, 0.29) is 0 Å². The van der Waals surface area contributed by atoms with Gasteiger partial charge in [0.25, 0.3) is 0 Å². The number of hydrogen-bond acceptors (Lipinski definition) is 3. The van der Waals surface area contributed by atoms with Crippen molar-refractivity contribution >= 4 is 34.5 Å². The Balaban J connectivity index is 1.87. The molecule has 106 valence electrons. The molecule has 3 nitrogen and oxygen atoms in total. The second kappa shape index (κ2) is 5.58.